The fourth-order valence-electron chi connectivity index (χ4n) is 3.43. The van der Waals surface area contributed by atoms with Gasteiger partial charge >= 0.3 is 6.18 Å². The monoisotopic (exact) mass is 498 g/mol. The van der Waals surface area contributed by atoms with Crippen molar-refractivity contribution < 1.29 is 22.7 Å². The first kappa shape index (κ1) is 24.4. The van der Waals surface area contributed by atoms with Gasteiger partial charge < -0.3 is 4.74 Å². The van der Waals surface area contributed by atoms with Crippen molar-refractivity contribution >= 4 is 17.1 Å². The molecule has 0 unspecified atom stereocenters. The van der Waals surface area contributed by atoms with E-state index >= 15 is 0 Å². The molecule has 4 aromatic rings. The van der Waals surface area contributed by atoms with E-state index in [4.69, 9.17) is 4.74 Å². The molecule has 9 heteroatoms. The van der Waals surface area contributed by atoms with Gasteiger partial charge in [-0.3, -0.25) is 14.2 Å². The highest BCUT2D eigenvalue weighted by molar-refractivity contribution is 7.16. The number of benzene rings is 2. The fraction of sp³-hybridized carbons (Fsp3) is 0.192. The first-order valence-corrected chi connectivity index (χ1v) is 11.6. The quantitative estimate of drug-likeness (QED) is 0.279. The van der Waals surface area contributed by atoms with Crippen molar-refractivity contribution in [2.75, 3.05) is 0 Å². The van der Waals surface area contributed by atoms with E-state index < -0.39 is 17.3 Å². The number of ketones is 1. The molecule has 0 amide bonds. The number of aryl methyl sites for hydroxylation is 2. The number of aromatic nitrogens is 2. The predicted octanol–water partition coefficient (Wildman–Crippen LogP) is 6.02. The first-order valence-electron chi connectivity index (χ1n) is 10.8. The summed E-state index contributed by atoms with van der Waals surface area (Å²) >= 11 is 1.16. The highest BCUT2D eigenvalue weighted by Gasteiger charge is 2.29. The van der Waals surface area contributed by atoms with Crippen LogP contribution in [0.2, 0.25) is 0 Å². The number of nitrogens with zero attached hydrogens (tertiary/aromatic N) is 2. The summed E-state index contributed by atoms with van der Waals surface area (Å²) in [4.78, 5) is 30.3. The second-order valence-corrected chi connectivity index (χ2v) is 8.85. The molecule has 0 radical (unpaired) electrons. The van der Waals surface area contributed by atoms with Crippen molar-refractivity contribution in [1.29, 1.82) is 0 Å². The summed E-state index contributed by atoms with van der Waals surface area (Å²) in [6, 6.07) is 17.2. The average Bonchev–Trinajstić information content (AvgIpc) is 3.23. The third kappa shape index (κ3) is 6.05. The Morgan fingerprint density at radius 2 is 1.74 bits per heavy atom. The minimum atomic E-state index is -4.40. The molecular formula is C26H21F3N2O3S. The van der Waals surface area contributed by atoms with Crippen molar-refractivity contribution in [2.24, 2.45) is 0 Å². The van der Waals surface area contributed by atoms with E-state index in [0.29, 0.717) is 34.1 Å². The summed E-state index contributed by atoms with van der Waals surface area (Å²) in [7, 11) is 0. The molecule has 0 aliphatic heterocycles. The molecule has 35 heavy (non-hydrogen) atoms. The van der Waals surface area contributed by atoms with Crippen LogP contribution in [0.3, 0.4) is 0 Å². The molecule has 2 aromatic heterocycles. The molecule has 5 nitrogen and oxygen atoms in total. The number of halogens is 3. The van der Waals surface area contributed by atoms with Gasteiger partial charge in [0.25, 0.3) is 5.56 Å². The van der Waals surface area contributed by atoms with Crippen molar-refractivity contribution in [3.8, 4) is 10.9 Å². The summed E-state index contributed by atoms with van der Waals surface area (Å²) in [5.41, 5.74) is 1.05. The van der Waals surface area contributed by atoms with Crippen LogP contribution < -0.4 is 10.3 Å². The van der Waals surface area contributed by atoms with E-state index in [0.717, 1.165) is 29.0 Å². The van der Waals surface area contributed by atoms with Crippen molar-refractivity contribution in [2.45, 2.75) is 32.5 Å². The van der Waals surface area contributed by atoms with Crippen LogP contribution in [0.5, 0.6) is 5.75 Å². The third-order valence-corrected chi connectivity index (χ3v) is 6.50. The molecule has 0 aliphatic rings. The van der Waals surface area contributed by atoms with Crippen LogP contribution >= 0.6 is 11.3 Å². The third-order valence-electron chi connectivity index (χ3n) is 5.31. The Balaban J connectivity index is 1.42. The number of pyridine rings is 1. The minimum Gasteiger partial charge on any atom is -0.489 e. The Kier molecular flexibility index (Phi) is 7.16. The smallest absolute Gasteiger partial charge is 0.416 e. The predicted molar refractivity (Wildman–Crippen MR) is 127 cm³/mol. The number of Topliss-reactive ketones (excluding diaryl/α,β-unsaturated/α-hetero) is 1. The first-order chi connectivity index (χ1) is 16.7. The largest absolute Gasteiger partial charge is 0.489 e. The van der Waals surface area contributed by atoms with E-state index in [1.807, 2.05) is 30.3 Å². The van der Waals surface area contributed by atoms with Gasteiger partial charge in [0.15, 0.2) is 10.9 Å². The lowest BCUT2D eigenvalue weighted by atomic mass is 10.1. The van der Waals surface area contributed by atoms with Gasteiger partial charge in [-0.05, 0) is 42.7 Å². The highest BCUT2D eigenvalue weighted by Crippen LogP contribution is 2.29. The van der Waals surface area contributed by atoms with E-state index in [9.17, 15) is 22.8 Å². The number of hydrogen-bond donors (Lipinski definition) is 0. The van der Waals surface area contributed by atoms with Gasteiger partial charge in [0.05, 0.1) is 16.1 Å². The van der Waals surface area contributed by atoms with Crippen molar-refractivity contribution in [3.05, 3.63) is 111 Å². The van der Waals surface area contributed by atoms with Gasteiger partial charge in [0.2, 0.25) is 0 Å². The molecule has 0 bridgehead atoms. The Hall–Kier alpha value is -3.72. The summed E-state index contributed by atoms with van der Waals surface area (Å²) in [6.45, 7) is 1.75. The Bertz CT molecular complexity index is 1380. The van der Waals surface area contributed by atoms with Crippen LogP contribution in [0.1, 0.15) is 38.5 Å². The van der Waals surface area contributed by atoms with Gasteiger partial charge in [0, 0.05) is 18.7 Å². The standard InChI is InChI=1S/C26H21F3N2O3S/c1-17-24(22(32)12-9-18-5-3-2-4-6-18)35-25(30-17)31-14-13-21(15-23(31)33)34-16-19-7-10-20(11-8-19)26(27,28)29/h2-8,10-11,13-15H,9,12,16H2,1H3. The normalized spacial score (nSPS) is 11.4. The van der Waals surface area contributed by atoms with E-state index in [2.05, 4.69) is 4.98 Å². The zero-order valence-electron chi connectivity index (χ0n) is 18.7. The molecule has 0 aliphatic carbocycles. The maximum Gasteiger partial charge on any atom is 0.416 e. The number of carbonyl (C=O) groups is 1. The average molecular weight is 499 g/mol. The molecule has 180 valence electrons. The maximum atomic E-state index is 12.7. The van der Waals surface area contributed by atoms with Gasteiger partial charge in [-0.1, -0.05) is 53.8 Å². The molecule has 2 heterocycles. The van der Waals surface area contributed by atoms with E-state index in [-0.39, 0.29) is 18.1 Å². The zero-order valence-corrected chi connectivity index (χ0v) is 19.5. The van der Waals surface area contributed by atoms with E-state index in [1.54, 1.807) is 13.0 Å². The lowest BCUT2D eigenvalue weighted by molar-refractivity contribution is -0.137. The number of alkyl halides is 3. The van der Waals surface area contributed by atoms with Crippen molar-refractivity contribution in [1.82, 2.24) is 9.55 Å². The van der Waals surface area contributed by atoms with Gasteiger partial charge in [-0.2, -0.15) is 13.2 Å². The van der Waals surface area contributed by atoms with Crippen LogP contribution in [0.4, 0.5) is 13.2 Å². The Morgan fingerprint density at radius 3 is 2.40 bits per heavy atom. The van der Waals surface area contributed by atoms with Crippen LogP contribution in [0.25, 0.3) is 5.13 Å². The number of thiazole rings is 1. The highest BCUT2D eigenvalue weighted by atomic mass is 32.1. The number of carbonyl (C=O) groups excluding carboxylic acids is 1. The van der Waals surface area contributed by atoms with Gasteiger partial charge in [-0.15, -0.1) is 0 Å². The topological polar surface area (TPSA) is 61.2 Å². The summed E-state index contributed by atoms with van der Waals surface area (Å²) in [5.74, 6) is 0.248. The molecule has 0 atom stereocenters. The molecule has 0 fully saturated rings. The molecule has 2 aromatic carbocycles. The van der Waals surface area contributed by atoms with Crippen LogP contribution in [0, 0.1) is 6.92 Å². The minimum absolute atomic E-state index is 0.0119. The Morgan fingerprint density at radius 1 is 1.03 bits per heavy atom. The number of rotatable bonds is 8. The summed E-state index contributed by atoms with van der Waals surface area (Å²) < 4.78 is 44.9. The molecule has 0 N–H and O–H groups in total. The van der Waals surface area contributed by atoms with E-state index in [1.165, 1.54) is 29.0 Å². The summed E-state index contributed by atoms with van der Waals surface area (Å²) in [6.07, 6.45) is -1.93. The summed E-state index contributed by atoms with van der Waals surface area (Å²) in [5, 5.41) is 0.379. The van der Waals surface area contributed by atoms with Crippen molar-refractivity contribution in [3.63, 3.8) is 0 Å². The molecule has 0 saturated heterocycles. The fourth-order valence-corrected chi connectivity index (χ4v) is 4.45. The molecule has 4 rings (SSSR count). The number of ether oxygens (including phenoxy) is 1. The van der Waals surface area contributed by atoms with Crippen LogP contribution in [-0.2, 0) is 19.2 Å². The number of hydrogen-bond acceptors (Lipinski definition) is 5. The second-order valence-electron chi connectivity index (χ2n) is 7.87. The second kappa shape index (κ2) is 10.3. The van der Waals surface area contributed by atoms with Crippen LogP contribution in [-0.4, -0.2) is 15.3 Å². The lowest BCUT2D eigenvalue weighted by Gasteiger charge is -2.09. The molecular weight excluding hydrogens is 477 g/mol. The van der Waals surface area contributed by atoms with Gasteiger partial charge in [0.1, 0.15) is 12.4 Å². The maximum absolute atomic E-state index is 12.7. The SMILES string of the molecule is Cc1nc(-n2ccc(OCc3ccc(C(F)(F)F)cc3)cc2=O)sc1C(=O)CCc1ccccc1. The van der Waals surface area contributed by atoms with Gasteiger partial charge in [-0.25, -0.2) is 4.98 Å². The molecule has 0 saturated carbocycles. The van der Waals surface area contributed by atoms with Crippen LogP contribution in [0.15, 0.2) is 77.7 Å². The Labute approximate surface area is 203 Å². The zero-order chi connectivity index (χ0) is 25.0. The molecule has 0 spiro atoms. The lowest BCUT2D eigenvalue weighted by Crippen LogP contribution is -2.16.